The summed E-state index contributed by atoms with van der Waals surface area (Å²) in [5.41, 5.74) is 1.40. The van der Waals surface area contributed by atoms with Gasteiger partial charge in [0.15, 0.2) is 0 Å². The van der Waals surface area contributed by atoms with Gasteiger partial charge in [-0.2, -0.15) is 0 Å². The summed E-state index contributed by atoms with van der Waals surface area (Å²) in [6.45, 7) is 6.91. The fourth-order valence-corrected chi connectivity index (χ4v) is 5.02. The minimum absolute atomic E-state index is 0.168. The second kappa shape index (κ2) is 4.27. The third-order valence-electron chi connectivity index (χ3n) is 5.18. The van der Waals surface area contributed by atoms with Gasteiger partial charge in [0.05, 0.1) is 11.2 Å². The molecule has 0 spiro atoms. The van der Waals surface area contributed by atoms with Gasteiger partial charge in [0.2, 0.25) is 0 Å². The van der Waals surface area contributed by atoms with E-state index in [0.717, 1.165) is 6.04 Å². The summed E-state index contributed by atoms with van der Waals surface area (Å²) in [6.07, 6.45) is 6.68. The number of thiazole rings is 1. The highest BCUT2D eigenvalue weighted by molar-refractivity contribution is 7.11. The van der Waals surface area contributed by atoms with Crippen molar-refractivity contribution in [1.29, 1.82) is 0 Å². The molecule has 1 aliphatic carbocycles. The van der Waals surface area contributed by atoms with Crippen LogP contribution in [0.15, 0.2) is 0 Å². The Balaban J connectivity index is 1.74. The highest BCUT2D eigenvalue weighted by atomic mass is 32.1. The molecular formula is C15H23N3S. The SMILES string of the molecule is Cc1nc(C2(NC3CC3)CCN3CCCC32)sc1C. The van der Waals surface area contributed by atoms with E-state index in [2.05, 4.69) is 24.1 Å². The molecule has 2 saturated heterocycles. The second-order valence-electron chi connectivity index (χ2n) is 6.49. The van der Waals surface area contributed by atoms with E-state index in [-0.39, 0.29) is 5.54 Å². The molecule has 1 aromatic heterocycles. The standard InChI is InChI=1S/C15H23N3S/c1-10-11(2)19-14(16-10)15(17-12-5-6-12)7-9-18-8-3-4-13(15)18/h12-13,17H,3-9H2,1-2H3. The normalized spacial score (nSPS) is 34.9. The van der Waals surface area contributed by atoms with E-state index >= 15 is 0 Å². The lowest BCUT2D eigenvalue weighted by Crippen LogP contribution is -2.51. The molecule has 0 radical (unpaired) electrons. The molecular weight excluding hydrogens is 254 g/mol. The first-order chi connectivity index (χ1) is 9.19. The molecule has 4 heteroatoms. The molecule has 1 N–H and O–H groups in total. The average molecular weight is 277 g/mol. The number of rotatable bonds is 3. The first kappa shape index (κ1) is 12.3. The maximum atomic E-state index is 4.94. The predicted octanol–water partition coefficient (Wildman–Crippen LogP) is 2.58. The summed E-state index contributed by atoms with van der Waals surface area (Å²) < 4.78 is 0. The summed E-state index contributed by atoms with van der Waals surface area (Å²) in [5.74, 6) is 0. The quantitative estimate of drug-likeness (QED) is 0.920. The van der Waals surface area contributed by atoms with E-state index in [0.29, 0.717) is 6.04 Å². The predicted molar refractivity (Wildman–Crippen MR) is 78.6 cm³/mol. The molecule has 3 nitrogen and oxygen atoms in total. The monoisotopic (exact) mass is 277 g/mol. The number of aryl methyl sites for hydroxylation is 2. The van der Waals surface area contributed by atoms with Gasteiger partial charge in [-0.1, -0.05) is 0 Å². The number of hydrogen-bond donors (Lipinski definition) is 1. The Labute approximate surface area is 119 Å². The Morgan fingerprint density at radius 3 is 2.79 bits per heavy atom. The van der Waals surface area contributed by atoms with Crippen molar-refractivity contribution in [2.24, 2.45) is 0 Å². The van der Waals surface area contributed by atoms with Gasteiger partial charge in [0.1, 0.15) is 5.01 Å². The van der Waals surface area contributed by atoms with E-state index < -0.39 is 0 Å². The van der Waals surface area contributed by atoms with Crippen molar-refractivity contribution in [3.05, 3.63) is 15.6 Å². The van der Waals surface area contributed by atoms with Crippen LogP contribution in [-0.4, -0.2) is 35.1 Å². The van der Waals surface area contributed by atoms with Gasteiger partial charge < -0.3 is 5.32 Å². The Hall–Kier alpha value is -0.450. The van der Waals surface area contributed by atoms with Gasteiger partial charge in [0, 0.05) is 23.5 Å². The molecule has 3 aliphatic rings. The Bertz CT molecular complexity index is 474. The Morgan fingerprint density at radius 2 is 2.11 bits per heavy atom. The van der Waals surface area contributed by atoms with Crippen molar-refractivity contribution in [3.63, 3.8) is 0 Å². The van der Waals surface area contributed by atoms with Crippen LogP contribution < -0.4 is 5.32 Å². The molecule has 1 saturated carbocycles. The Morgan fingerprint density at radius 1 is 1.26 bits per heavy atom. The lowest BCUT2D eigenvalue weighted by Gasteiger charge is -2.35. The molecule has 2 atom stereocenters. The summed E-state index contributed by atoms with van der Waals surface area (Å²) in [6, 6.07) is 1.45. The zero-order chi connectivity index (χ0) is 13.0. The molecule has 0 aromatic carbocycles. The highest BCUT2D eigenvalue weighted by Crippen LogP contribution is 2.46. The molecule has 0 bridgehead atoms. The summed E-state index contributed by atoms with van der Waals surface area (Å²) in [4.78, 5) is 9.02. The van der Waals surface area contributed by atoms with Gasteiger partial charge in [-0.15, -0.1) is 11.3 Å². The van der Waals surface area contributed by atoms with Crippen LogP contribution >= 0.6 is 11.3 Å². The van der Waals surface area contributed by atoms with Gasteiger partial charge in [-0.05, 0) is 52.5 Å². The van der Waals surface area contributed by atoms with E-state index in [1.807, 2.05) is 11.3 Å². The van der Waals surface area contributed by atoms with Crippen LogP contribution in [0.4, 0.5) is 0 Å². The molecule has 1 aromatic rings. The number of nitrogens with zero attached hydrogens (tertiary/aromatic N) is 2. The van der Waals surface area contributed by atoms with Gasteiger partial charge in [-0.3, -0.25) is 4.90 Å². The summed E-state index contributed by atoms with van der Waals surface area (Å²) in [5, 5.41) is 5.37. The number of aromatic nitrogens is 1. The number of hydrogen-bond acceptors (Lipinski definition) is 4. The lowest BCUT2D eigenvalue weighted by atomic mass is 9.89. The third kappa shape index (κ3) is 1.88. The van der Waals surface area contributed by atoms with Gasteiger partial charge in [0.25, 0.3) is 0 Å². The summed E-state index contributed by atoms with van der Waals surface area (Å²) >= 11 is 1.93. The molecule has 0 amide bonds. The fraction of sp³-hybridized carbons (Fsp3) is 0.800. The molecule has 2 unspecified atom stereocenters. The zero-order valence-corrected chi connectivity index (χ0v) is 12.7. The second-order valence-corrected chi connectivity index (χ2v) is 7.70. The smallest absolute Gasteiger partial charge is 0.115 e. The lowest BCUT2D eigenvalue weighted by molar-refractivity contribution is 0.222. The highest BCUT2D eigenvalue weighted by Gasteiger charge is 2.53. The maximum absolute atomic E-state index is 4.94. The molecule has 2 aliphatic heterocycles. The topological polar surface area (TPSA) is 28.2 Å². The van der Waals surface area contributed by atoms with E-state index in [1.54, 1.807) is 0 Å². The van der Waals surface area contributed by atoms with Crippen LogP contribution in [0.3, 0.4) is 0 Å². The molecule has 4 rings (SSSR count). The van der Waals surface area contributed by atoms with Crippen LogP contribution in [-0.2, 0) is 5.54 Å². The van der Waals surface area contributed by atoms with Crippen molar-refractivity contribution in [1.82, 2.24) is 15.2 Å². The zero-order valence-electron chi connectivity index (χ0n) is 11.9. The van der Waals surface area contributed by atoms with E-state index in [4.69, 9.17) is 4.98 Å². The molecule has 3 fully saturated rings. The minimum Gasteiger partial charge on any atom is -0.301 e. The first-order valence-electron chi connectivity index (χ1n) is 7.65. The molecule has 104 valence electrons. The largest absolute Gasteiger partial charge is 0.301 e. The van der Waals surface area contributed by atoms with Crippen molar-refractivity contribution >= 4 is 11.3 Å². The average Bonchev–Trinajstić information content (AvgIpc) is 2.81. The Kier molecular flexibility index (Phi) is 2.77. The van der Waals surface area contributed by atoms with Crippen molar-refractivity contribution in [3.8, 4) is 0 Å². The van der Waals surface area contributed by atoms with Crippen molar-refractivity contribution in [2.75, 3.05) is 13.1 Å². The minimum atomic E-state index is 0.168. The fourth-order valence-electron chi connectivity index (χ4n) is 3.87. The van der Waals surface area contributed by atoms with Crippen LogP contribution in [0.25, 0.3) is 0 Å². The van der Waals surface area contributed by atoms with Gasteiger partial charge >= 0.3 is 0 Å². The third-order valence-corrected chi connectivity index (χ3v) is 6.43. The van der Waals surface area contributed by atoms with Crippen LogP contribution in [0.5, 0.6) is 0 Å². The van der Waals surface area contributed by atoms with Crippen LogP contribution in [0.2, 0.25) is 0 Å². The number of fused-ring (bicyclic) bond motifs is 1. The van der Waals surface area contributed by atoms with E-state index in [1.165, 1.54) is 60.8 Å². The van der Waals surface area contributed by atoms with Crippen LogP contribution in [0.1, 0.15) is 47.7 Å². The van der Waals surface area contributed by atoms with E-state index in [9.17, 15) is 0 Å². The van der Waals surface area contributed by atoms with Crippen molar-refractivity contribution in [2.45, 2.75) is 63.6 Å². The molecule has 19 heavy (non-hydrogen) atoms. The number of nitrogens with one attached hydrogen (secondary N) is 1. The molecule has 3 heterocycles. The van der Waals surface area contributed by atoms with Gasteiger partial charge in [-0.25, -0.2) is 4.98 Å². The van der Waals surface area contributed by atoms with Crippen LogP contribution in [0, 0.1) is 13.8 Å². The maximum Gasteiger partial charge on any atom is 0.115 e. The first-order valence-corrected chi connectivity index (χ1v) is 8.47. The summed E-state index contributed by atoms with van der Waals surface area (Å²) in [7, 11) is 0. The van der Waals surface area contributed by atoms with Crippen molar-refractivity contribution < 1.29 is 0 Å².